The molecule has 1 aromatic carbocycles. The van der Waals surface area contributed by atoms with Gasteiger partial charge in [0.05, 0.1) is 23.0 Å². The average Bonchev–Trinajstić information content (AvgIpc) is 3.30. The van der Waals surface area contributed by atoms with Crippen molar-refractivity contribution in [1.82, 2.24) is 24.5 Å². The molecule has 8 nitrogen and oxygen atoms in total. The molecule has 4 rings (SSSR count). The van der Waals surface area contributed by atoms with Crippen LogP contribution in [0.4, 0.5) is 5.82 Å². The predicted octanol–water partition coefficient (Wildman–Crippen LogP) is 2.78. The van der Waals surface area contributed by atoms with Gasteiger partial charge in [0.2, 0.25) is 11.0 Å². The first-order chi connectivity index (χ1) is 12.5. The lowest BCUT2D eigenvalue weighted by atomic mass is 10.3. The molecule has 3 aromatic heterocycles. The van der Waals surface area contributed by atoms with Crippen molar-refractivity contribution >= 4 is 33.3 Å². The number of ether oxygens (including phenoxy) is 1. The van der Waals surface area contributed by atoms with E-state index in [1.165, 1.54) is 23.1 Å². The van der Waals surface area contributed by atoms with Crippen molar-refractivity contribution < 1.29 is 9.53 Å². The quantitative estimate of drug-likeness (QED) is 0.598. The Kier molecular flexibility index (Phi) is 3.92. The number of carbonyl (C=O) groups is 1. The zero-order valence-corrected chi connectivity index (χ0v) is 15.2. The molecule has 0 aliphatic rings. The summed E-state index contributed by atoms with van der Waals surface area (Å²) in [4.78, 5) is 17.3. The molecule has 0 fully saturated rings. The summed E-state index contributed by atoms with van der Waals surface area (Å²) in [6.45, 7) is 1.87. The molecule has 9 heteroatoms. The lowest BCUT2D eigenvalue weighted by molar-refractivity contribution is 0.102. The first-order valence-electron chi connectivity index (χ1n) is 7.87. The van der Waals surface area contributed by atoms with E-state index in [-0.39, 0.29) is 11.8 Å². The second-order valence-corrected chi connectivity index (χ2v) is 6.74. The van der Waals surface area contributed by atoms with Crippen LogP contribution in [0.2, 0.25) is 0 Å². The van der Waals surface area contributed by atoms with Gasteiger partial charge in [0.25, 0.3) is 5.91 Å². The molecule has 0 aliphatic heterocycles. The van der Waals surface area contributed by atoms with Crippen LogP contribution in [0.25, 0.3) is 15.3 Å². The van der Waals surface area contributed by atoms with Crippen molar-refractivity contribution in [2.45, 2.75) is 6.92 Å². The van der Waals surface area contributed by atoms with Gasteiger partial charge in [-0.25, -0.2) is 4.98 Å². The summed E-state index contributed by atoms with van der Waals surface area (Å²) >= 11 is 1.51. The van der Waals surface area contributed by atoms with E-state index in [1.807, 2.05) is 31.2 Å². The number of thiazole rings is 1. The number of nitrogens with one attached hydrogen (secondary N) is 1. The minimum Gasteiger partial charge on any atom is -0.479 e. The largest absolute Gasteiger partial charge is 0.479 e. The van der Waals surface area contributed by atoms with Crippen molar-refractivity contribution in [3.63, 3.8) is 0 Å². The highest BCUT2D eigenvalue weighted by atomic mass is 32.1. The maximum Gasteiger partial charge on any atom is 0.263 e. The van der Waals surface area contributed by atoms with Crippen molar-refractivity contribution in [2.24, 2.45) is 7.05 Å². The third-order valence-electron chi connectivity index (χ3n) is 3.77. The molecule has 4 aromatic rings. The summed E-state index contributed by atoms with van der Waals surface area (Å²) in [5, 5.41) is 12.1. The number of para-hydroxylation sites is 1. The Balaban J connectivity index is 1.70. The van der Waals surface area contributed by atoms with Gasteiger partial charge in [0.1, 0.15) is 11.4 Å². The van der Waals surface area contributed by atoms with Crippen molar-refractivity contribution in [3.05, 3.63) is 47.8 Å². The molecule has 0 spiro atoms. The number of fused-ring (bicyclic) bond motifs is 1. The molecule has 0 bridgehead atoms. The maximum absolute atomic E-state index is 12.7. The number of anilines is 1. The Bertz CT molecular complexity index is 1080. The van der Waals surface area contributed by atoms with Crippen molar-refractivity contribution in [2.75, 3.05) is 12.4 Å². The van der Waals surface area contributed by atoms with Crippen LogP contribution < -0.4 is 10.1 Å². The molecule has 0 unspecified atom stereocenters. The zero-order valence-electron chi connectivity index (χ0n) is 14.4. The molecule has 132 valence electrons. The van der Waals surface area contributed by atoms with E-state index in [2.05, 4.69) is 20.5 Å². The molecule has 0 aliphatic carbocycles. The average molecular weight is 368 g/mol. The molecular weight excluding hydrogens is 352 g/mol. The Hall–Kier alpha value is -3.20. The summed E-state index contributed by atoms with van der Waals surface area (Å²) in [5.41, 5.74) is 2.02. The zero-order chi connectivity index (χ0) is 18.3. The second kappa shape index (κ2) is 6.26. The van der Waals surface area contributed by atoms with Crippen LogP contribution in [0, 0.1) is 6.92 Å². The van der Waals surface area contributed by atoms with Crippen LogP contribution in [0.1, 0.15) is 16.1 Å². The first-order valence-corrected chi connectivity index (χ1v) is 8.68. The van der Waals surface area contributed by atoms with Crippen LogP contribution in [0.5, 0.6) is 5.88 Å². The van der Waals surface area contributed by atoms with E-state index < -0.39 is 0 Å². The summed E-state index contributed by atoms with van der Waals surface area (Å²) in [6.07, 6.45) is 1.61. The number of methoxy groups -OCH3 is 1. The van der Waals surface area contributed by atoms with Crippen molar-refractivity contribution in [3.8, 4) is 11.0 Å². The maximum atomic E-state index is 12.7. The molecule has 1 amide bonds. The molecule has 0 atom stereocenters. The summed E-state index contributed by atoms with van der Waals surface area (Å²) in [5.74, 6) is 0.488. The van der Waals surface area contributed by atoms with Crippen molar-refractivity contribution in [1.29, 1.82) is 0 Å². The van der Waals surface area contributed by atoms with Crippen LogP contribution in [0.3, 0.4) is 0 Å². The first kappa shape index (κ1) is 16.3. The molecule has 0 saturated carbocycles. The SMILES string of the molecule is COc1nn(C)cc1C(=O)Nc1cc(C)nn1-c1nc2ccccc2s1. The predicted molar refractivity (Wildman–Crippen MR) is 99.2 cm³/mol. The normalized spacial score (nSPS) is 11.0. The highest BCUT2D eigenvalue weighted by Gasteiger charge is 2.20. The number of hydrogen-bond donors (Lipinski definition) is 1. The van der Waals surface area contributed by atoms with E-state index in [0.717, 1.165) is 15.9 Å². The summed E-state index contributed by atoms with van der Waals surface area (Å²) < 4.78 is 9.39. The number of carbonyl (C=O) groups excluding carboxylic acids is 1. The second-order valence-electron chi connectivity index (χ2n) is 5.73. The van der Waals surface area contributed by atoms with Crippen LogP contribution in [-0.2, 0) is 7.05 Å². The molecule has 26 heavy (non-hydrogen) atoms. The monoisotopic (exact) mass is 368 g/mol. The van der Waals surface area contributed by atoms with Crippen LogP contribution >= 0.6 is 11.3 Å². The van der Waals surface area contributed by atoms with Gasteiger partial charge in [-0.1, -0.05) is 23.5 Å². The van der Waals surface area contributed by atoms with E-state index in [1.54, 1.807) is 24.0 Å². The van der Waals surface area contributed by atoms with Gasteiger partial charge < -0.3 is 10.1 Å². The fraction of sp³-hybridized carbons (Fsp3) is 0.176. The Morgan fingerprint density at radius 2 is 2.08 bits per heavy atom. The fourth-order valence-corrected chi connectivity index (χ4v) is 3.57. The molecule has 0 saturated heterocycles. The van der Waals surface area contributed by atoms with Crippen LogP contribution in [0.15, 0.2) is 36.5 Å². The highest BCUT2D eigenvalue weighted by molar-refractivity contribution is 7.20. The molecule has 0 radical (unpaired) electrons. The van der Waals surface area contributed by atoms with Gasteiger partial charge in [-0.3, -0.25) is 9.48 Å². The lowest BCUT2D eigenvalue weighted by Crippen LogP contribution is -2.15. The highest BCUT2D eigenvalue weighted by Crippen LogP contribution is 2.27. The molecule has 1 N–H and O–H groups in total. The van der Waals surface area contributed by atoms with Gasteiger partial charge in [0, 0.05) is 19.3 Å². The summed E-state index contributed by atoms with van der Waals surface area (Å²) in [7, 11) is 3.21. The van der Waals surface area contributed by atoms with Gasteiger partial charge >= 0.3 is 0 Å². The Morgan fingerprint density at radius 1 is 1.27 bits per heavy atom. The van der Waals surface area contributed by atoms with E-state index in [4.69, 9.17) is 4.74 Å². The van der Waals surface area contributed by atoms with Gasteiger partial charge in [-0.15, -0.1) is 5.10 Å². The number of nitrogens with zero attached hydrogens (tertiary/aromatic N) is 5. The van der Waals surface area contributed by atoms with E-state index >= 15 is 0 Å². The molecule has 3 heterocycles. The van der Waals surface area contributed by atoms with E-state index in [9.17, 15) is 4.79 Å². The number of aryl methyl sites for hydroxylation is 2. The number of hydrogen-bond acceptors (Lipinski definition) is 6. The molecular formula is C17H16N6O2S. The van der Waals surface area contributed by atoms with Gasteiger partial charge in [-0.05, 0) is 19.1 Å². The third-order valence-corrected chi connectivity index (χ3v) is 4.78. The Morgan fingerprint density at radius 3 is 2.85 bits per heavy atom. The number of amides is 1. The fourth-order valence-electron chi connectivity index (χ4n) is 2.64. The minimum atomic E-state index is -0.322. The number of rotatable bonds is 4. The van der Waals surface area contributed by atoms with E-state index in [0.29, 0.717) is 16.5 Å². The smallest absolute Gasteiger partial charge is 0.263 e. The van der Waals surface area contributed by atoms with Gasteiger partial charge in [0.15, 0.2) is 0 Å². The minimum absolute atomic E-state index is 0.271. The standard InChI is InChI=1S/C17H16N6O2S/c1-10-8-14(19-15(24)11-9-22(2)21-16(11)25-3)23(20-10)17-18-12-6-4-5-7-13(12)26-17/h4-9H,1-3H3,(H,19,24). The third kappa shape index (κ3) is 2.82. The number of benzene rings is 1. The van der Waals surface area contributed by atoms with Crippen LogP contribution in [-0.4, -0.2) is 37.6 Å². The lowest BCUT2D eigenvalue weighted by Gasteiger charge is -2.06. The van der Waals surface area contributed by atoms with Gasteiger partial charge in [-0.2, -0.15) is 9.78 Å². The summed E-state index contributed by atoms with van der Waals surface area (Å²) in [6, 6.07) is 9.66. The topological polar surface area (TPSA) is 86.9 Å². The number of aromatic nitrogens is 5. The Labute approximate surface area is 153 Å².